The summed E-state index contributed by atoms with van der Waals surface area (Å²) in [7, 11) is 0. The summed E-state index contributed by atoms with van der Waals surface area (Å²) >= 11 is 0. The maximum absolute atomic E-state index is 11.9. The molecule has 0 heterocycles. The van der Waals surface area contributed by atoms with Crippen molar-refractivity contribution in [3.63, 3.8) is 0 Å². The second kappa shape index (κ2) is 9.49. The van der Waals surface area contributed by atoms with Crippen molar-refractivity contribution >= 4 is 0 Å². The molecule has 3 aliphatic rings. The highest BCUT2D eigenvalue weighted by Gasteiger charge is 2.39. The number of hydrogen-bond acceptors (Lipinski definition) is 2. The van der Waals surface area contributed by atoms with Crippen molar-refractivity contribution in [1.29, 1.82) is 0 Å². The Morgan fingerprint density at radius 2 is 1.03 bits per heavy atom. The molecule has 0 aromatic heterocycles. The van der Waals surface area contributed by atoms with Crippen LogP contribution in [0.15, 0.2) is 24.3 Å². The maximum atomic E-state index is 11.9. The molecule has 0 bridgehead atoms. The lowest BCUT2D eigenvalue weighted by atomic mass is 9.65. The van der Waals surface area contributed by atoms with Crippen LogP contribution >= 0.6 is 0 Å². The standard InChI is InChI=1S/C33H46O2/c1-22-18-25(30(34)27(20-22)32(3)14-7-5-8-15-32)29(24-12-11-13-24)26-19-23(2)21-28(31(26)35)33(4)16-9-6-10-17-33/h18-21,24,29,34-35H,5-17H2,1-4H3. The zero-order valence-electron chi connectivity index (χ0n) is 22.6. The van der Waals surface area contributed by atoms with Crippen molar-refractivity contribution in [2.45, 2.75) is 128 Å². The number of benzene rings is 2. The first-order valence-electron chi connectivity index (χ1n) is 14.4. The minimum Gasteiger partial charge on any atom is -0.507 e. The molecule has 3 saturated carbocycles. The van der Waals surface area contributed by atoms with E-state index in [4.69, 9.17) is 0 Å². The smallest absolute Gasteiger partial charge is 0.123 e. The van der Waals surface area contributed by atoms with Gasteiger partial charge in [-0.3, -0.25) is 0 Å². The molecule has 3 fully saturated rings. The van der Waals surface area contributed by atoms with Gasteiger partial charge >= 0.3 is 0 Å². The summed E-state index contributed by atoms with van der Waals surface area (Å²) in [4.78, 5) is 0. The van der Waals surface area contributed by atoms with Crippen molar-refractivity contribution in [3.05, 3.63) is 57.6 Å². The minimum absolute atomic E-state index is 0.0443. The first kappa shape index (κ1) is 24.7. The number of rotatable bonds is 5. The number of hydrogen-bond donors (Lipinski definition) is 2. The highest BCUT2D eigenvalue weighted by atomic mass is 16.3. The molecule has 0 saturated heterocycles. The lowest BCUT2D eigenvalue weighted by Gasteiger charge is -2.40. The molecule has 2 heteroatoms. The fourth-order valence-electron chi connectivity index (χ4n) is 7.66. The zero-order chi connectivity index (χ0) is 24.8. The summed E-state index contributed by atoms with van der Waals surface area (Å²) in [5.41, 5.74) is 6.94. The highest BCUT2D eigenvalue weighted by molar-refractivity contribution is 5.57. The topological polar surface area (TPSA) is 40.5 Å². The fraction of sp³-hybridized carbons (Fsp3) is 0.636. The lowest BCUT2D eigenvalue weighted by molar-refractivity contribution is 0.269. The average Bonchev–Trinajstić information content (AvgIpc) is 2.80. The monoisotopic (exact) mass is 474 g/mol. The molecule has 3 aliphatic carbocycles. The average molecular weight is 475 g/mol. The van der Waals surface area contributed by atoms with E-state index in [1.807, 2.05) is 0 Å². The van der Waals surface area contributed by atoms with Gasteiger partial charge in [0, 0.05) is 28.2 Å². The third kappa shape index (κ3) is 4.51. The molecule has 35 heavy (non-hydrogen) atoms. The third-order valence-corrected chi connectivity index (χ3v) is 10.1. The molecule has 0 amide bonds. The summed E-state index contributed by atoms with van der Waals surface area (Å²) in [6.07, 6.45) is 15.8. The highest BCUT2D eigenvalue weighted by Crippen LogP contribution is 2.54. The van der Waals surface area contributed by atoms with E-state index in [2.05, 4.69) is 52.0 Å². The van der Waals surface area contributed by atoms with Crippen LogP contribution in [0.4, 0.5) is 0 Å². The van der Waals surface area contributed by atoms with Crippen LogP contribution in [0.25, 0.3) is 0 Å². The van der Waals surface area contributed by atoms with Crippen LogP contribution in [-0.4, -0.2) is 10.2 Å². The van der Waals surface area contributed by atoms with Crippen molar-refractivity contribution in [3.8, 4) is 11.5 Å². The van der Waals surface area contributed by atoms with Crippen molar-refractivity contribution < 1.29 is 10.2 Å². The molecule has 2 aromatic rings. The van der Waals surface area contributed by atoms with E-state index < -0.39 is 0 Å². The Kier molecular flexibility index (Phi) is 6.70. The Balaban J connectivity index is 1.66. The van der Waals surface area contributed by atoms with Crippen LogP contribution in [0.3, 0.4) is 0 Å². The summed E-state index contributed by atoms with van der Waals surface area (Å²) < 4.78 is 0. The largest absolute Gasteiger partial charge is 0.507 e. The van der Waals surface area contributed by atoms with Gasteiger partial charge in [-0.2, -0.15) is 0 Å². The number of aromatic hydroxyl groups is 2. The zero-order valence-corrected chi connectivity index (χ0v) is 22.6. The molecule has 2 aromatic carbocycles. The SMILES string of the molecule is Cc1cc(C(c2cc(C)cc(C3(C)CCCCC3)c2O)C2CCC2)c(O)c(C2(C)CCCCC2)c1. The molecule has 0 radical (unpaired) electrons. The molecule has 0 aliphatic heterocycles. The van der Waals surface area contributed by atoms with Crippen molar-refractivity contribution in [2.75, 3.05) is 0 Å². The molecule has 0 spiro atoms. The Hall–Kier alpha value is -1.96. The van der Waals surface area contributed by atoms with Gasteiger partial charge in [0.05, 0.1) is 0 Å². The molecule has 5 rings (SSSR count). The molecule has 2 N–H and O–H groups in total. The van der Waals surface area contributed by atoms with Crippen LogP contribution in [0.2, 0.25) is 0 Å². The normalized spacial score (nSPS) is 22.2. The molecule has 0 atom stereocenters. The second-order valence-corrected chi connectivity index (χ2v) is 12.9. The third-order valence-electron chi connectivity index (χ3n) is 10.1. The first-order valence-corrected chi connectivity index (χ1v) is 14.4. The minimum atomic E-state index is 0.0443. The Morgan fingerprint density at radius 1 is 0.629 bits per heavy atom. The first-order chi connectivity index (χ1) is 16.7. The van der Waals surface area contributed by atoms with Crippen LogP contribution in [-0.2, 0) is 10.8 Å². The van der Waals surface area contributed by atoms with Gasteiger partial charge in [-0.05, 0) is 69.1 Å². The molecule has 190 valence electrons. The predicted octanol–water partition coefficient (Wildman–Crippen LogP) is 9.09. The van der Waals surface area contributed by atoms with E-state index in [0.717, 1.165) is 47.9 Å². The van der Waals surface area contributed by atoms with Crippen LogP contribution in [0.5, 0.6) is 11.5 Å². The van der Waals surface area contributed by atoms with Gasteiger partial charge in [0.1, 0.15) is 11.5 Å². The summed E-state index contributed by atoms with van der Waals surface area (Å²) in [6, 6.07) is 8.93. The molecular weight excluding hydrogens is 428 g/mol. The number of phenolic OH excluding ortho intramolecular Hbond substituents is 2. The van der Waals surface area contributed by atoms with E-state index >= 15 is 0 Å². The van der Waals surface area contributed by atoms with E-state index in [0.29, 0.717) is 17.4 Å². The van der Waals surface area contributed by atoms with E-state index in [-0.39, 0.29) is 16.7 Å². The Bertz CT molecular complexity index is 985. The van der Waals surface area contributed by atoms with Gasteiger partial charge in [-0.1, -0.05) is 94.2 Å². The number of phenols is 2. The summed E-state index contributed by atoms with van der Waals surface area (Å²) in [5, 5.41) is 23.8. The molecule has 0 unspecified atom stereocenters. The van der Waals surface area contributed by atoms with Crippen LogP contribution in [0, 0.1) is 19.8 Å². The van der Waals surface area contributed by atoms with Gasteiger partial charge in [-0.25, -0.2) is 0 Å². The fourth-order valence-corrected chi connectivity index (χ4v) is 7.66. The van der Waals surface area contributed by atoms with Crippen molar-refractivity contribution in [2.24, 2.45) is 5.92 Å². The van der Waals surface area contributed by atoms with Gasteiger partial charge < -0.3 is 10.2 Å². The van der Waals surface area contributed by atoms with Crippen LogP contribution in [0.1, 0.15) is 137 Å². The molecule has 2 nitrogen and oxygen atoms in total. The van der Waals surface area contributed by atoms with E-state index in [1.54, 1.807) is 0 Å². The quantitative estimate of drug-likeness (QED) is 0.453. The van der Waals surface area contributed by atoms with Crippen LogP contribution < -0.4 is 0 Å². The second-order valence-electron chi connectivity index (χ2n) is 12.9. The Labute approximate surface area is 213 Å². The number of aryl methyl sites for hydroxylation is 2. The lowest BCUT2D eigenvalue weighted by Crippen LogP contribution is -2.28. The van der Waals surface area contributed by atoms with E-state index in [1.165, 1.54) is 68.9 Å². The predicted molar refractivity (Wildman–Crippen MR) is 146 cm³/mol. The summed E-state index contributed by atoms with van der Waals surface area (Å²) in [5.74, 6) is 1.54. The maximum Gasteiger partial charge on any atom is 0.123 e. The van der Waals surface area contributed by atoms with Crippen molar-refractivity contribution in [1.82, 2.24) is 0 Å². The van der Waals surface area contributed by atoms with Gasteiger partial charge in [-0.15, -0.1) is 0 Å². The Morgan fingerprint density at radius 3 is 1.37 bits per heavy atom. The summed E-state index contributed by atoms with van der Waals surface area (Å²) in [6.45, 7) is 9.08. The van der Waals surface area contributed by atoms with E-state index in [9.17, 15) is 10.2 Å². The van der Waals surface area contributed by atoms with Gasteiger partial charge in [0.15, 0.2) is 0 Å². The molecular formula is C33H46O2. The van der Waals surface area contributed by atoms with Gasteiger partial charge in [0.2, 0.25) is 0 Å². The van der Waals surface area contributed by atoms with Gasteiger partial charge in [0.25, 0.3) is 0 Å².